The first-order valence-corrected chi connectivity index (χ1v) is 20.9. The van der Waals surface area contributed by atoms with Crippen molar-refractivity contribution in [2.75, 3.05) is 0 Å². The van der Waals surface area contributed by atoms with Crippen molar-refractivity contribution < 1.29 is 45.4 Å². The van der Waals surface area contributed by atoms with E-state index in [1.54, 1.807) is 39.6 Å². The van der Waals surface area contributed by atoms with Crippen molar-refractivity contribution in [1.29, 1.82) is 0 Å². The third kappa shape index (κ3) is 7.77. The van der Waals surface area contributed by atoms with E-state index in [1.807, 2.05) is 128 Å². The molecule has 5 nitrogen and oxygen atoms in total. The summed E-state index contributed by atoms with van der Waals surface area (Å²) in [5.41, 5.74) is 5.87. The molecule has 0 radical (unpaired) electrons. The van der Waals surface area contributed by atoms with E-state index in [0.717, 1.165) is 38.5 Å². The van der Waals surface area contributed by atoms with E-state index in [0.29, 0.717) is 34.0 Å². The minimum absolute atomic E-state index is 0. The monoisotopic (exact) mass is 1030 g/mol. The third-order valence-corrected chi connectivity index (χ3v) is 11.6. The zero-order valence-corrected chi connectivity index (χ0v) is 37.6. The van der Waals surface area contributed by atoms with Crippen LogP contribution in [0.15, 0.2) is 200 Å². The maximum atomic E-state index is 9.17. The first-order valence-electron chi connectivity index (χ1n) is 26.4. The van der Waals surface area contributed by atoms with Gasteiger partial charge in [0.25, 0.3) is 6.33 Å². The number of benzene rings is 8. The number of rotatable bonds is 10. The van der Waals surface area contributed by atoms with Gasteiger partial charge >= 0.3 is 0 Å². The summed E-state index contributed by atoms with van der Waals surface area (Å²) in [6.07, 6.45) is 5.20. The second-order valence-electron chi connectivity index (χ2n) is 15.7. The van der Waals surface area contributed by atoms with Crippen LogP contribution in [-0.4, -0.2) is 14.1 Å². The molecule has 0 bridgehead atoms. The number of hydrogen-bond donors (Lipinski definition) is 0. The molecule has 11 aromatic rings. The molecule has 0 aliphatic heterocycles. The summed E-state index contributed by atoms with van der Waals surface area (Å²) in [6, 6.07) is 42.9. The van der Waals surface area contributed by atoms with Crippen molar-refractivity contribution in [3.05, 3.63) is 224 Å². The van der Waals surface area contributed by atoms with Crippen molar-refractivity contribution in [1.82, 2.24) is 14.1 Å². The molecule has 65 heavy (non-hydrogen) atoms. The van der Waals surface area contributed by atoms with E-state index < -0.39 is 66.3 Å². The number of ether oxygens (including phenoxy) is 1. The molecule has 3 aromatic heterocycles. The van der Waals surface area contributed by atoms with Gasteiger partial charge in [0.2, 0.25) is 0 Å². The molecular formula is C59H44N4OPt-2. The number of imidazole rings is 1. The Kier molecular flexibility index (Phi) is 8.35. The van der Waals surface area contributed by atoms with Crippen LogP contribution in [0.4, 0.5) is 0 Å². The molecule has 1 atom stereocenters. The second-order valence-corrected chi connectivity index (χ2v) is 15.7. The van der Waals surface area contributed by atoms with E-state index in [-0.39, 0.29) is 54.9 Å². The van der Waals surface area contributed by atoms with Gasteiger partial charge in [-0.1, -0.05) is 166 Å². The standard InChI is InChI=1S/C59H44N4O.Pt/c1-40(2)41(3)45-33-34-60-58(36-45)63-54-28-14-13-25-52(54)53-31-30-49(38-56(53)63)64-48-24-15-23-47(37-48)61-39-62(55-32-29-46(35-57(55)61)42-17-7-4-8-18-42)59-50(43-19-9-5-10-20-43)26-16-27-51(59)44-21-11-6-12-22-44;/h4-36,40-41H,1-3H3;/q-2;/i5D,6D,9D,10D,11D,12D,19D,20D,21D,22D,41D;. The minimum Gasteiger partial charge on any atom is -0.510 e. The van der Waals surface area contributed by atoms with Crippen LogP contribution in [-0.2, 0) is 21.1 Å². The molecule has 8 aromatic carbocycles. The van der Waals surface area contributed by atoms with Gasteiger partial charge in [-0.25, -0.2) is 4.98 Å². The molecule has 0 aliphatic rings. The van der Waals surface area contributed by atoms with Gasteiger partial charge in [-0.15, -0.1) is 29.7 Å². The summed E-state index contributed by atoms with van der Waals surface area (Å²) < 4.78 is 109. The van der Waals surface area contributed by atoms with Gasteiger partial charge in [-0.2, -0.15) is 18.2 Å². The molecule has 0 amide bonds. The smallest absolute Gasteiger partial charge is 0.268 e. The predicted octanol–water partition coefficient (Wildman–Crippen LogP) is 14.4. The number of nitrogens with zero attached hydrogens (tertiary/aromatic N) is 4. The maximum absolute atomic E-state index is 9.17. The van der Waals surface area contributed by atoms with Crippen LogP contribution in [0, 0.1) is 24.4 Å². The van der Waals surface area contributed by atoms with E-state index in [4.69, 9.17) is 23.4 Å². The van der Waals surface area contributed by atoms with E-state index in [9.17, 15) is 1.37 Å². The zero-order valence-electron chi connectivity index (χ0n) is 46.4. The molecule has 1 unspecified atom stereocenters. The number of pyridine rings is 1. The first-order chi connectivity index (χ1) is 36.0. The molecule has 0 aliphatic carbocycles. The molecule has 0 saturated heterocycles. The summed E-state index contributed by atoms with van der Waals surface area (Å²) in [5.74, 6) is 0.543. The Labute approximate surface area is 409 Å². The Bertz CT molecular complexity index is 3990. The number of hydrogen-bond acceptors (Lipinski definition) is 2. The Morgan fingerprint density at radius 3 is 2.05 bits per heavy atom. The molecule has 11 rings (SSSR count). The van der Waals surface area contributed by atoms with Crippen LogP contribution in [0.1, 0.15) is 47.3 Å². The molecule has 0 spiro atoms. The van der Waals surface area contributed by atoms with Crippen LogP contribution >= 0.6 is 0 Å². The fraction of sp³-hybridized carbons (Fsp3) is 0.0847. The molecule has 0 N–H and O–H groups in total. The van der Waals surface area contributed by atoms with Gasteiger partial charge in [0, 0.05) is 45.6 Å². The van der Waals surface area contributed by atoms with Crippen LogP contribution in [0.5, 0.6) is 11.5 Å². The Morgan fingerprint density at radius 2 is 1.31 bits per heavy atom. The van der Waals surface area contributed by atoms with Crippen LogP contribution in [0.3, 0.4) is 0 Å². The number of aromatic nitrogens is 4. The minimum atomic E-state index is -0.861. The van der Waals surface area contributed by atoms with Gasteiger partial charge in [0.1, 0.15) is 5.82 Å². The predicted molar refractivity (Wildman–Crippen MR) is 260 cm³/mol. The fourth-order valence-corrected chi connectivity index (χ4v) is 8.26. The topological polar surface area (TPSA) is 35.9 Å². The van der Waals surface area contributed by atoms with Crippen molar-refractivity contribution in [2.45, 2.75) is 26.7 Å². The van der Waals surface area contributed by atoms with Gasteiger partial charge < -0.3 is 13.9 Å². The normalized spacial score (nSPS) is 14.7. The molecule has 0 fully saturated rings. The van der Waals surface area contributed by atoms with Crippen molar-refractivity contribution >= 4 is 32.8 Å². The zero-order chi connectivity index (χ0) is 52.8. The maximum Gasteiger partial charge on any atom is 0.268 e. The average molecular weight is 1030 g/mol. The quantitative estimate of drug-likeness (QED) is 0.101. The number of para-hydroxylation sites is 2. The van der Waals surface area contributed by atoms with Gasteiger partial charge in [0.15, 0.2) is 0 Å². The van der Waals surface area contributed by atoms with E-state index in [2.05, 4.69) is 24.5 Å². The summed E-state index contributed by atoms with van der Waals surface area (Å²) in [6.45, 7) is 5.98. The van der Waals surface area contributed by atoms with Crippen LogP contribution < -0.4 is 9.30 Å². The molecular weight excluding hydrogens is 976 g/mol. The van der Waals surface area contributed by atoms with Gasteiger partial charge in [-0.3, -0.25) is 4.57 Å². The van der Waals surface area contributed by atoms with E-state index in [1.165, 1.54) is 0 Å². The molecule has 0 saturated carbocycles. The largest absolute Gasteiger partial charge is 0.510 e. The summed E-state index contributed by atoms with van der Waals surface area (Å²) in [7, 11) is 0. The molecule has 3 heterocycles. The van der Waals surface area contributed by atoms with Gasteiger partial charge in [0.05, 0.1) is 30.4 Å². The Morgan fingerprint density at radius 1 is 0.615 bits per heavy atom. The fourth-order valence-electron chi connectivity index (χ4n) is 8.26. The Hall–Kier alpha value is -7.33. The van der Waals surface area contributed by atoms with Crippen molar-refractivity contribution in [3.8, 4) is 62.1 Å². The molecule has 6 heteroatoms. The van der Waals surface area contributed by atoms with Crippen LogP contribution in [0.25, 0.3) is 83.4 Å². The third-order valence-electron chi connectivity index (χ3n) is 11.6. The van der Waals surface area contributed by atoms with Crippen molar-refractivity contribution in [3.63, 3.8) is 0 Å². The number of fused-ring (bicyclic) bond motifs is 4. The average Bonchev–Trinajstić information content (AvgIpc) is 3.99. The summed E-state index contributed by atoms with van der Waals surface area (Å²) in [5, 5.41) is 1.93. The van der Waals surface area contributed by atoms with Gasteiger partial charge in [-0.05, 0) is 86.1 Å². The van der Waals surface area contributed by atoms with Crippen LogP contribution in [0.2, 0.25) is 0 Å². The summed E-state index contributed by atoms with van der Waals surface area (Å²) in [4.78, 5) is 4.79. The SMILES string of the molecule is [2H]c1c([2H])c([2H])c(-c2cccc(-c3c([2H])c([2H])c([2H])c([2H])c3[2H])c2-[n+]2[c-]n(-c3[c-]c(Oc4[c-]c5c(cc4)c4ccccc4n5-c4cc(C([2H])(C)C(C)C)ccn4)ccc3)c3cc(-c4ccccc4)ccc32)c([2H])c1[2H].[Pt]. The second kappa shape index (κ2) is 17.7. The Balaban J connectivity index is 0.00000657. The molecule has 318 valence electrons. The first kappa shape index (κ1) is 30.7. The van der Waals surface area contributed by atoms with Crippen molar-refractivity contribution in [2.24, 2.45) is 5.92 Å². The van der Waals surface area contributed by atoms with E-state index >= 15 is 0 Å². The summed E-state index contributed by atoms with van der Waals surface area (Å²) >= 11 is 0.